The molecule has 1 saturated heterocycles. The maximum atomic E-state index is 12.1. The Kier molecular flexibility index (Phi) is 2.96. The number of rotatable bonds is 1. The monoisotopic (exact) mass is 222 g/mol. The normalized spacial score (nSPS) is 25.4. The maximum absolute atomic E-state index is 12.1. The van der Waals surface area contributed by atoms with Crippen LogP contribution in [0.1, 0.15) is 6.92 Å². The topological polar surface area (TPSA) is 41.4 Å². The van der Waals surface area contributed by atoms with Crippen molar-refractivity contribution in [2.45, 2.75) is 13.0 Å². The molecule has 0 saturated carbocycles. The van der Waals surface area contributed by atoms with Gasteiger partial charge in [-0.25, -0.2) is 9.78 Å². The zero-order valence-electron chi connectivity index (χ0n) is 10.00. The van der Waals surface area contributed by atoms with Crippen LogP contribution in [0.25, 0.3) is 0 Å². The number of imidazole rings is 1. The molecule has 0 radical (unpaired) electrons. The van der Waals surface area contributed by atoms with Crippen molar-refractivity contribution in [3.05, 3.63) is 18.7 Å². The number of nitrogens with zero attached hydrogens (tertiary/aromatic N) is 4. The Balaban J connectivity index is 2.06. The average Bonchev–Trinajstić information content (AvgIpc) is 2.84. The third-order valence-electron chi connectivity index (χ3n) is 3.23. The van der Waals surface area contributed by atoms with Crippen LogP contribution in [-0.2, 0) is 0 Å². The van der Waals surface area contributed by atoms with Crippen LogP contribution in [0.3, 0.4) is 0 Å². The number of likely N-dealkylation sites (tertiary alicyclic amines) is 1. The lowest BCUT2D eigenvalue weighted by molar-refractivity contribution is 0.205. The zero-order valence-corrected chi connectivity index (χ0v) is 10.00. The van der Waals surface area contributed by atoms with Crippen molar-refractivity contribution >= 4 is 6.03 Å². The molecule has 2 heterocycles. The Morgan fingerprint density at radius 1 is 1.44 bits per heavy atom. The van der Waals surface area contributed by atoms with Gasteiger partial charge in [0.05, 0.1) is 0 Å². The molecule has 1 aliphatic heterocycles. The molecule has 0 aromatic carbocycles. The highest BCUT2D eigenvalue weighted by molar-refractivity contribution is 5.77. The lowest BCUT2D eigenvalue weighted by Gasteiger charge is -2.22. The van der Waals surface area contributed by atoms with Crippen molar-refractivity contribution in [1.82, 2.24) is 19.4 Å². The Bertz CT molecular complexity index is 360. The van der Waals surface area contributed by atoms with Crippen molar-refractivity contribution in [3.8, 4) is 0 Å². The third kappa shape index (κ3) is 1.95. The molecule has 5 nitrogen and oxygen atoms in total. The summed E-state index contributed by atoms with van der Waals surface area (Å²) in [5.74, 6) is 0.516. The van der Waals surface area contributed by atoms with E-state index in [2.05, 4.69) is 30.9 Å². The van der Waals surface area contributed by atoms with Gasteiger partial charge in [0.15, 0.2) is 0 Å². The second-order valence-electron chi connectivity index (χ2n) is 4.67. The fraction of sp³-hybridized carbons (Fsp3) is 0.636. The SMILES string of the molecule is CC1CN(C(=O)n2ccnc2)CC1N(C)C. The van der Waals surface area contributed by atoms with Crippen LogP contribution in [0.5, 0.6) is 0 Å². The first-order valence-electron chi connectivity index (χ1n) is 5.53. The number of carbonyl (C=O) groups is 1. The molecule has 0 bridgehead atoms. The standard InChI is InChI=1S/C11H18N4O/c1-9-6-15(7-10(9)13(2)3)11(16)14-5-4-12-8-14/h4-5,8-10H,6-7H2,1-3H3. The van der Waals surface area contributed by atoms with Crippen LogP contribution >= 0.6 is 0 Å². The Hall–Kier alpha value is -1.36. The number of carbonyl (C=O) groups excluding carboxylic acids is 1. The molecule has 0 N–H and O–H groups in total. The molecule has 2 unspecified atom stereocenters. The van der Waals surface area contributed by atoms with Gasteiger partial charge < -0.3 is 9.80 Å². The van der Waals surface area contributed by atoms with E-state index in [4.69, 9.17) is 0 Å². The van der Waals surface area contributed by atoms with E-state index in [0.717, 1.165) is 13.1 Å². The van der Waals surface area contributed by atoms with Gasteiger partial charge in [0.1, 0.15) is 6.33 Å². The molecule has 16 heavy (non-hydrogen) atoms. The summed E-state index contributed by atoms with van der Waals surface area (Å²) in [5, 5.41) is 0. The lowest BCUT2D eigenvalue weighted by atomic mass is 10.1. The molecule has 1 fully saturated rings. The molecule has 1 aromatic heterocycles. The van der Waals surface area contributed by atoms with Crippen LogP contribution in [0.15, 0.2) is 18.7 Å². The van der Waals surface area contributed by atoms with E-state index in [1.165, 1.54) is 4.57 Å². The second kappa shape index (κ2) is 4.25. The Labute approximate surface area is 95.7 Å². The van der Waals surface area contributed by atoms with Gasteiger partial charge in [-0.15, -0.1) is 0 Å². The van der Waals surface area contributed by atoms with E-state index in [-0.39, 0.29) is 6.03 Å². The van der Waals surface area contributed by atoms with E-state index in [1.807, 2.05) is 4.90 Å². The largest absolute Gasteiger partial charge is 0.329 e. The molecular formula is C11H18N4O. The van der Waals surface area contributed by atoms with Gasteiger partial charge in [-0.05, 0) is 20.0 Å². The van der Waals surface area contributed by atoms with Gasteiger partial charge in [-0.1, -0.05) is 6.92 Å². The summed E-state index contributed by atoms with van der Waals surface area (Å²) >= 11 is 0. The Morgan fingerprint density at radius 2 is 2.19 bits per heavy atom. The highest BCUT2D eigenvalue weighted by atomic mass is 16.2. The van der Waals surface area contributed by atoms with Crippen LogP contribution < -0.4 is 0 Å². The molecule has 0 aliphatic carbocycles. The average molecular weight is 222 g/mol. The molecule has 1 aliphatic rings. The van der Waals surface area contributed by atoms with Crippen LogP contribution in [0.2, 0.25) is 0 Å². The minimum Gasteiger partial charge on any atom is -0.322 e. The summed E-state index contributed by atoms with van der Waals surface area (Å²) in [5.41, 5.74) is 0. The van der Waals surface area contributed by atoms with Crippen molar-refractivity contribution in [3.63, 3.8) is 0 Å². The molecule has 0 spiro atoms. The number of hydrogen-bond acceptors (Lipinski definition) is 3. The van der Waals surface area contributed by atoms with Gasteiger partial charge in [0, 0.05) is 31.5 Å². The summed E-state index contributed by atoms with van der Waals surface area (Å²) in [4.78, 5) is 20.0. The number of amides is 1. The molecule has 1 aromatic rings. The predicted octanol–water partition coefficient (Wildman–Crippen LogP) is 0.733. The summed E-state index contributed by atoms with van der Waals surface area (Å²) < 4.78 is 1.53. The first kappa shape index (κ1) is 11.1. The summed E-state index contributed by atoms with van der Waals surface area (Å²) in [6, 6.07) is 0.473. The van der Waals surface area contributed by atoms with Gasteiger partial charge in [0.25, 0.3) is 0 Å². The predicted molar refractivity (Wildman–Crippen MR) is 61.2 cm³/mol. The third-order valence-corrected chi connectivity index (χ3v) is 3.23. The Morgan fingerprint density at radius 3 is 2.69 bits per heavy atom. The molecule has 88 valence electrons. The second-order valence-corrected chi connectivity index (χ2v) is 4.67. The maximum Gasteiger partial charge on any atom is 0.329 e. The first-order chi connectivity index (χ1) is 7.59. The quantitative estimate of drug-likeness (QED) is 0.703. The van der Waals surface area contributed by atoms with E-state index in [1.54, 1.807) is 18.7 Å². The number of hydrogen-bond donors (Lipinski definition) is 0. The van der Waals surface area contributed by atoms with Gasteiger partial charge in [-0.3, -0.25) is 4.57 Å². The minimum absolute atomic E-state index is 0.0219. The number of aromatic nitrogens is 2. The zero-order chi connectivity index (χ0) is 11.7. The summed E-state index contributed by atoms with van der Waals surface area (Å²) in [7, 11) is 4.12. The van der Waals surface area contributed by atoms with Gasteiger partial charge >= 0.3 is 6.03 Å². The molecular weight excluding hydrogens is 204 g/mol. The van der Waals surface area contributed by atoms with Crippen LogP contribution in [-0.4, -0.2) is 58.6 Å². The molecule has 5 heteroatoms. The van der Waals surface area contributed by atoms with Gasteiger partial charge in [0.2, 0.25) is 0 Å². The first-order valence-corrected chi connectivity index (χ1v) is 5.53. The van der Waals surface area contributed by atoms with Gasteiger partial charge in [-0.2, -0.15) is 0 Å². The molecule has 1 amide bonds. The highest BCUT2D eigenvalue weighted by Gasteiger charge is 2.33. The smallest absolute Gasteiger partial charge is 0.322 e. The van der Waals surface area contributed by atoms with E-state index < -0.39 is 0 Å². The minimum atomic E-state index is 0.0219. The van der Waals surface area contributed by atoms with Crippen molar-refractivity contribution < 1.29 is 4.79 Å². The summed E-state index contributed by atoms with van der Waals surface area (Å²) in [6.07, 6.45) is 4.87. The van der Waals surface area contributed by atoms with E-state index in [0.29, 0.717) is 12.0 Å². The lowest BCUT2D eigenvalue weighted by Crippen LogP contribution is -2.37. The molecule has 2 atom stereocenters. The molecule has 2 rings (SSSR count). The van der Waals surface area contributed by atoms with E-state index >= 15 is 0 Å². The van der Waals surface area contributed by atoms with Crippen molar-refractivity contribution in [2.24, 2.45) is 5.92 Å². The van der Waals surface area contributed by atoms with Crippen LogP contribution in [0, 0.1) is 5.92 Å². The fourth-order valence-corrected chi connectivity index (χ4v) is 2.31. The highest BCUT2D eigenvalue weighted by Crippen LogP contribution is 2.20. The van der Waals surface area contributed by atoms with Crippen molar-refractivity contribution in [2.75, 3.05) is 27.2 Å². The van der Waals surface area contributed by atoms with E-state index in [9.17, 15) is 4.79 Å². The van der Waals surface area contributed by atoms with Crippen molar-refractivity contribution in [1.29, 1.82) is 0 Å². The number of likely N-dealkylation sites (N-methyl/N-ethyl adjacent to an activating group) is 1. The fourth-order valence-electron chi connectivity index (χ4n) is 2.31. The van der Waals surface area contributed by atoms with Crippen LogP contribution in [0.4, 0.5) is 4.79 Å². The summed E-state index contributed by atoms with van der Waals surface area (Å²) in [6.45, 7) is 3.80.